The minimum Gasteiger partial charge on any atom is -0.442 e. The van der Waals surface area contributed by atoms with Gasteiger partial charge in [0.25, 0.3) is 0 Å². The van der Waals surface area contributed by atoms with Gasteiger partial charge < -0.3 is 10.2 Å². The third kappa shape index (κ3) is 2.81. The van der Waals surface area contributed by atoms with E-state index in [2.05, 4.69) is 4.98 Å². The van der Waals surface area contributed by atoms with Gasteiger partial charge in [-0.25, -0.2) is 9.37 Å². The van der Waals surface area contributed by atoms with Crippen LogP contribution >= 0.6 is 0 Å². The van der Waals surface area contributed by atoms with Crippen LogP contribution in [-0.2, 0) is 12.1 Å². The van der Waals surface area contributed by atoms with Crippen LogP contribution in [-0.4, -0.2) is 11.0 Å². The number of rotatable bonds is 3. The van der Waals surface area contributed by atoms with Gasteiger partial charge in [0, 0.05) is 12.5 Å². The Balaban J connectivity index is 2.75. The van der Waals surface area contributed by atoms with Crippen molar-refractivity contribution >= 4 is 0 Å². The molecule has 74 valence electrons. The van der Waals surface area contributed by atoms with Gasteiger partial charge >= 0.3 is 0 Å². The summed E-state index contributed by atoms with van der Waals surface area (Å²) in [6.07, 6.45) is 2.11. The maximum absolute atomic E-state index is 13.3. The van der Waals surface area contributed by atoms with Crippen molar-refractivity contribution in [1.82, 2.24) is 4.98 Å². The molecule has 1 rings (SSSR count). The van der Waals surface area contributed by atoms with Gasteiger partial charge in [-0.3, -0.25) is 0 Å². The number of halogens is 1. The van der Waals surface area contributed by atoms with Gasteiger partial charge in [-0.2, -0.15) is 0 Å². The molecule has 0 radical (unpaired) electrons. The Morgan fingerprint density at radius 3 is 2.69 bits per heavy atom. The molecule has 1 heterocycles. The summed E-state index contributed by atoms with van der Waals surface area (Å²) in [5.74, 6) is 0.749. The van der Waals surface area contributed by atoms with E-state index in [4.69, 9.17) is 10.2 Å². The molecule has 0 saturated carbocycles. The average Bonchev–Trinajstić information content (AvgIpc) is 2.32. The summed E-state index contributed by atoms with van der Waals surface area (Å²) < 4.78 is 18.5. The number of aromatic nitrogens is 1. The van der Waals surface area contributed by atoms with Crippen LogP contribution in [0.2, 0.25) is 0 Å². The van der Waals surface area contributed by atoms with Gasteiger partial charge in [-0.05, 0) is 20.8 Å². The summed E-state index contributed by atoms with van der Waals surface area (Å²) in [5.41, 5.74) is 4.04. The molecule has 0 spiro atoms. The molecule has 13 heavy (non-hydrogen) atoms. The first-order valence-electron chi connectivity index (χ1n) is 4.29. The van der Waals surface area contributed by atoms with Crippen LogP contribution in [0.3, 0.4) is 0 Å². The van der Waals surface area contributed by atoms with E-state index in [1.165, 1.54) is 20.0 Å². The molecule has 3 nitrogen and oxygen atoms in total. The Morgan fingerprint density at radius 2 is 2.31 bits per heavy atom. The van der Waals surface area contributed by atoms with Crippen LogP contribution < -0.4 is 5.73 Å². The highest BCUT2D eigenvalue weighted by Gasteiger charge is 2.25. The quantitative estimate of drug-likeness (QED) is 0.782. The molecular weight excluding hydrogens is 171 g/mol. The van der Waals surface area contributed by atoms with Crippen LogP contribution in [0, 0.1) is 0 Å². The largest absolute Gasteiger partial charge is 0.442 e. The maximum atomic E-state index is 13.3. The predicted molar refractivity (Wildman–Crippen MR) is 48.0 cm³/mol. The first kappa shape index (κ1) is 10.2. The lowest BCUT2D eigenvalue weighted by molar-refractivity contribution is 0.167. The minimum atomic E-state index is -1.52. The lowest BCUT2D eigenvalue weighted by Gasteiger charge is -2.07. The van der Waals surface area contributed by atoms with E-state index in [1.807, 2.05) is 6.92 Å². The zero-order valence-corrected chi connectivity index (χ0v) is 8.17. The van der Waals surface area contributed by atoms with E-state index in [0.717, 1.165) is 0 Å². The fourth-order valence-electron chi connectivity index (χ4n) is 0.994. The number of hydrogen-bond donors (Lipinski definition) is 1. The molecule has 0 aliphatic heterocycles. The molecule has 1 aromatic heterocycles. The number of alkyl halides is 1. The fraction of sp³-hybridized carbons (Fsp3) is 0.667. The Morgan fingerprint density at radius 1 is 1.69 bits per heavy atom. The molecule has 0 aliphatic rings. The van der Waals surface area contributed by atoms with Crippen molar-refractivity contribution in [2.45, 2.75) is 38.9 Å². The summed E-state index contributed by atoms with van der Waals surface area (Å²) in [4.78, 5) is 3.84. The van der Waals surface area contributed by atoms with Crippen molar-refractivity contribution in [3.8, 4) is 0 Å². The van der Waals surface area contributed by atoms with E-state index in [0.29, 0.717) is 12.2 Å². The van der Waals surface area contributed by atoms with Gasteiger partial charge in [-0.1, -0.05) is 0 Å². The van der Waals surface area contributed by atoms with Crippen LogP contribution in [0.15, 0.2) is 10.6 Å². The van der Waals surface area contributed by atoms with Gasteiger partial charge in [-0.15, -0.1) is 0 Å². The van der Waals surface area contributed by atoms with Crippen molar-refractivity contribution in [3.63, 3.8) is 0 Å². The monoisotopic (exact) mass is 186 g/mol. The van der Waals surface area contributed by atoms with Crippen LogP contribution in [0.4, 0.5) is 4.39 Å². The third-order valence-corrected chi connectivity index (χ3v) is 1.59. The molecule has 0 aromatic carbocycles. The molecule has 0 fully saturated rings. The highest BCUT2D eigenvalue weighted by molar-refractivity contribution is 5.01. The first-order chi connectivity index (χ1) is 5.89. The molecule has 0 bridgehead atoms. The number of hydrogen-bond acceptors (Lipinski definition) is 3. The van der Waals surface area contributed by atoms with Gasteiger partial charge in [0.15, 0.2) is 5.67 Å². The zero-order valence-electron chi connectivity index (χ0n) is 8.17. The Labute approximate surface area is 77.1 Å². The van der Waals surface area contributed by atoms with E-state index in [1.54, 1.807) is 0 Å². The Bertz CT molecular complexity index is 275. The maximum Gasteiger partial charge on any atom is 0.231 e. The van der Waals surface area contributed by atoms with Crippen LogP contribution in [0.1, 0.15) is 32.4 Å². The Hall–Kier alpha value is -0.900. The first-order valence-corrected chi connectivity index (χ1v) is 4.29. The second kappa shape index (κ2) is 3.46. The van der Waals surface area contributed by atoms with Crippen molar-refractivity contribution in [2.75, 3.05) is 0 Å². The molecule has 2 N–H and O–H groups in total. The van der Waals surface area contributed by atoms with Crippen molar-refractivity contribution < 1.29 is 8.81 Å². The second-order valence-electron chi connectivity index (χ2n) is 3.79. The normalized spacial score (nSPS) is 14.5. The zero-order chi connectivity index (χ0) is 10.1. The number of oxazole rings is 1. The van der Waals surface area contributed by atoms with Gasteiger partial charge in [0.2, 0.25) is 5.89 Å². The predicted octanol–water partition coefficient (Wildman–Crippen LogP) is 1.77. The highest BCUT2D eigenvalue weighted by Crippen LogP contribution is 2.23. The third-order valence-electron chi connectivity index (χ3n) is 1.59. The smallest absolute Gasteiger partial charge is 0.231 e. The van der Waals surface area contributed by atoms with Crippen molar-refractivity contribution in [2.24, 2.45) is 5.73 Å². The standard InChI is InChI=1S/C9H15FN2O/c1-6(11)4-7-5-12-8(13-7)9(2,3)10/h5-6H,4,11H2,1-3H3. The average molecular weight is 186 g/mol. The lowest BCUT2D eigenvalue weighted by Crippen LogP contribution is -2.17. The molecule has 1 unspecified atom stereocenters. The SMILES string of the molecule is CC(N)Cc1cnc(C(C)(C)F)o1. The summed E-state index contributed by atoms with van der Waals surface area (Å²) >= 11 is 0. The molecule has 0 saturated heterocycles. The van der Waals surface area contributed by atoms with E-state index in [-0.39, 0.29) is 11.9 Å². The molecule has 4 heteroatoms. The van der Waals surface area contributed by atoms with Crippen LogP contribution in [0.5, 0.6) is 0 Å². The summed E-state index contributed by atoms with van der Waals surface area (Å²) in [6, 6.07) is 0.00326. The summed E-state index contributed by atoms with van der Waals surface area (Å²) in [7, 11) is 0. The lowest BCUT2D eigenvalue weighted by atomic mass is 10.2. The molecule has 0 amide bonds. The van der Waals surface area contributed by atoms with Gasteiger partial charge in [0.1, 0.15) is 5.76 Å². The van der Waals surface area contributed by atoms with Gasteiger partial charge in [0.05, 0.1) is 6.20 Å². The summed E-state index contributed by atoms with van der Waals surface area (Å²) in [6.45, 7) is 4.69. The van der Waals surface area contributed by atoms with E-state index < -0.39 is 5.67 Å². The summed E-state index contributed by atoms with van der Waals surface area (Å²) in [5, 5.41) is 0. The van der Waals surface area contributed by atoms with Crippen LogP contribution in [0.25, 0.3) is 0 Å². The van der Waals surface area contributed by atoms with Crippen molar-refractivity contribution in [3.05, 3.63) is 17.8 Å². The fourth-order valence-corrected chi connectivity index (χ4v) is 0.994. The molecule has 1 atom stereocenters. The highest BCUT2D eigenvalue weighted by atomic mass is 19.1. The molecule has 0 aliphatic carbocycles. The topological polar surface area (TPSA) is 52.0 Å². The number of nitrogens with two attached hydrogens (primary N) is 1. The van der Waals surface area contributed by atoms with E-state index >= 15 is 0 Å². The Kier molecular flexibility index (Phi) is 2.71. The second-order valence-corrected chi connectivity index (χ2v) is 3.79. The molecular formula is C9H15FN2O. The van der Waals surface area contributed by atoms with E-state index in [9.17, 15) is 4.39 Å². The number of nitrogens with zero attached hydrogens (tertiary/aromatic N) is 1. The molecule has 1 aromatic rings. The minimum absolute atomic E-state index is 0.00326. The van der Waals surface area contributed by atoms with Crippen molar-refractivity contribution in [1.29, 1.82) is 0 Å².